The van der Waals surface area contributed by atoms with Gasteiger partial charge in [-0.1, -0.05) is 19.3 Å². The highest BCUT2D eigenvalue weighted by Gasteiger charge is 2.35. The fourth-order valence-corrected chi connectivity index (χ4v) is 2.43. The molecule has 0 spiro atoms. The van der Waals surface area contributed by atoms with Crippen LogP contribution < -0.4 is 15.8 Å². The van der Waals surface area contributed by atoms with Crippen molar-refractivity contribution in [3.8, 4) is 11.5 Å². The number of aromatic hydroxyl groups is 1. The van der Waals surface area contributed by atoms with E-state index in [1.807, 2.05) is 0 Å². The monoisotopic (exact) mass is 264 g/mol. The number of phenols is 1. The van der Waals surface area contributed by atoms with Gasteiger partial charge in [-0.2, -0.15) is 0 Å². The lowest BCUT2D eigenvalue weighted by Gasteiger charge is -2.31. The minimum atomic E-state index is -0.784. The molecule has 0 aliphatic heterocycles. The van der Waals surface area contributed by atoms with Gasteiger partial charge in [-0.25, -0.2) is 0 Å². The summed E-state index contributed by atoms with van der Waals surface area (Å²) in [6, 6.07) is 4.75. The molecular formula is C14H20N2O3. The minimum Gasteiger partial charge on any atom is -0.504 e. The maximum Gasteiger partial charge on any atom is 0.244 e. The molecule has 1 fully saturated rings. The maximum absolute atomic E-state index is 12.2. The summed E-state index contributed by atoms with van der Waals surface area (Å²) in [6.07, 6.45) is 4.52. The molecule has 0 saturated heterocycles. The number of anilines is 1. The van der Waals surface area contributed by atoms with Crippen molar-refractivity contribution in [1.82, 2.24) is 0 Å². The fraction of sp³-hybridized carbons (Fsp3) is 0.500. The lowest BCUT2D eigenvalue weighted by molar-refractivity contribution is -0.122. The van der Waals surface area contributed by atoms with Crippen molar-refractivity contribution in [3.63, 3.8) is 0 Å². The number of nitrogens with two attached hydrogens (primary N) is 1. The van der Waals surface area contributed by atoms with E-state index in [-0.39, 0.29) is 11.7 Å². The van der Waals surface area contributed by atoms with Crippen LogP contribution in [0, 0.1) is 0 Å². The zero-order valence-corrected chi connectivity index (χ0v) is 11.1. The first-order chi connectivity index (χ1) is 9.05. The third-order valence-electron chi connectivity index (χ3n) is 3.63. The van der Waals surface area contributed by atoms with Crippen LogP contribution >= 0.6 is 0 Å². The standard InChI is InChI=1S/C14H20N2O3/c1-19-12-6-5-10(9-11(12)17)16-13(18)14(15)7-3-2-4-8-14/h5-6,9,17H,2-4,7-8,15H2,1H3,(H,16,18). The molecule has 1 aromatic rings. The van der Waals surface area contributed by atoms with E-state index >= 15 is 0 Å². The number of hydrogen-bond donors (Lipinski definition) is 3. The SMILES string of the molecule is COc1ccc(NC(=O)C2(N)CCCCC2)cc1O. The molecule has 0 bridgehead atoms. The summed E-state index contributed by atoms with van der Waals surface area (Å²) >= 11 is 0. The van der Waals surface area contributed by atoms with Crippen LogP contribution in [0.2, 0.25) is 0 Å². The molecule has 0 unspecified atom stereocenters. The number of ether oxygens (including phenoxy) is 1. The Bertz CT molecular complexity index is 468. The molecule has 1 aliphatic carbocycles. The molecule has 2 rings (SSSR count). The zero-order chi connectivity index (χ0) is 13.9. The average molecular weight is 264 g/mol. The fourth-order valence-electron chi connectivity index (χ4n) is 2.43. The highest BCUT2D eigenvalue weighted by Crippen LogP contribution is 2.30. The molecule has 0 atom stereocenters. The van der Waals surface area contributed by atoms with Crippen molar-refractivity contribution in [3.05, 3.63) is 18.2 Å². The van der Waals surface area contributed by atoms with Gasteiger partial charge in [0, 0.05) is 11.8 Å². The molecule has 0 heterocycles. The Kier molecular flexibility index (Phi) is 3.95. The van der Waals surface area contributed by atoms with Gasteiger partial charge in [0.2, 0.25) is 5.91 Å². The largest absolute Gasteiger partial charge is 0.504 e. The Labute approximate surface area is 112 Å². The predicted octanol–water partition coefficient (Wildman–Crippen LogP) is 2.00. The molecule has 0 radical (unpaired) electrons. The smallest absolute Gasteiger partial charge is 0.244 e. The van der Waals surface area contributed by atoms with Crippen LogP contribution in [0.5, 0.6) is 11.5 Å². The van der Waals surface area contributed by atoms with Gasteiger partial charge in [0.1, 0.15) is 0 Å². The van der Waals surface area contributed by atoms with Crippen molar-refractivity contribution < 1.29 is 14.6 Å². The number of carbonyl (C=O) groups is 1. The third kappa shape index (κ3) is 2.98. The second-order valence-electron chi connectivity index (χ2n) is 5.06. The molecule has 104 valence electrons. The van der Waals surface area contributed by atoms with E-state index < -0.39 is 5.54 Å². The lowest BCUT2D eigenvalue weighted by atomic mass is 9.82. The van der Waals surface area contributed by atoms with Gasteiger partial charge < -0.3 is 20.9 Å². The van der Waals surface area contributed by atoms with Gasteiger partial charge in [0.25, 0.3) is 0 Å². The van der Waals surface area contributed by atoms with Crippen LogP contribution in [0.1, 0.15) is 32.1 Å². The number of carbonyl (C=O) groups excluding carboxylic acids is 1. The Morgan fingerprint density at radius 3 is 2.63 bits per heavy atom. The van der Waals surface area contributed by atoms with Crippen LogP contribution in [0.4, 0.5) is 5.69 Å². The number of methoxy groups -OCH3 is 1. The Morgan fingerprint density at radius 2 is 2.05 bits per heavy atom. The lowest BCUT2D eigenvalue weighted by Crippen LogP contribution is -2.52. The van der Waals surface area contributed by atoms with E-state index in [4.69, 9.17) is 10.5 Å². The number of hydrogen-bond acceptors (Lipinski definition) is 4. The van der Waals surface area contributed by atoms with Crippen molar-refractivity contribution in [2.75, 3.05) is 12.4 Å². The molecular weight excluding hydrogens is 244 g/mol. The molecule has 1 aromatic carbocycles. The Hall–Kier alpha value is -1.75. The van der Waals surface area contributed by atoms with Crippen molar-refractivity contribution >= 4 is 11.6 Å². The van der Waals surface area contributed by atoms with Crippen molar-refractivity contribution in [1.29, 1.82) is 0 Å². The molecule has 1 saturated carbocycles. The molecule has 5 heteroatoms. The summed E-state index contributed by atoms with van der Waals surface area (Å²) in [6.45, 7) is 0. The zero-order valence-electron chi connectivity index (χ0n) is 11.1. The van der Waals surface area contributed by atoms with E-state index in [0.717, 1.165) is 19.3 Å². The summed E-state index contributed by atoms with van der Waals surface area (Å²) in [5, 5.41) is 12.4. The van der Waals surface area contributed by atoms with Crippen molar-refractivity contribution in [2.45, 2.75) is 37.6 Å². The summed E-state index contributed by atoms with van der Waals surface area (Å²) in [5.41, 5.74) is 5.89. The normalized spacial score (nSPS) is 17.8. The quantitative estimate of drug-likeness (QED) is 0.779. The molecule has 5 nitrogen and oxygen atoms in total. The third-order valence-corrected chi connectivity index (χ3v) is 3.63. The molecule has 1 amide bonds. The summed E-state index contributed by atoms with van der Waals surface area (Å²) in [5.74, 6) is 0.185. The van der Waals surface area contributed by atoms with Crippen LogP contribution in [-0.4, -0.2) is 23.7 Å². The van der Waals surface area contributed by atoms with Crippen LogP contribution in [0.25, 0.3) is 0 Å². The maximum atomic E-state index is 12.2. The minimum absolute atomic E-state index is 0.00462. The predicted molar refractivity (Wildman–Crippen MR) is 73.3 cm³/mol. The van der Waals surface area contributed by atoms with Crippen LogP contribution in [-0.2, 0) is 4.79 Å². The van der Waals surface area contributed by atoms with Crippen molar-refractivity contribution in [2.24, 2.45) is 5.73 Å². The van der Waals surface area contributed by atoms with Crippen LogP contribution in [0.15, 0.2) is 18.2 Å². The first-order valence-electron chi connectivity index (χ1n) is 6.52. The van der Waals surface area contributed by atoms with E-state index in [1.165, 1.54) is 13.2 Å². The van der Waals surface area contributed by atoms with E-state index in [1.54, 1.807) is 12.1 Å². The van der Waals surface area contributed by atoms with E-state index in [9.17, 15) is 9.90 Å². The Balaban J connectivity index is 2.08. The molecule has 1 aliphatic rings. The number of rotatable bonds is 3. The highest BCUT2D eigenvalue weighted by molar-refractivity contribution is 5.98. The molecule has 4 N–H and O–H groups in total. The second-order valence-corrected chi connectivity index (χ2v) is 5.06. The van der Waals surface area contributed by atoms with Gasteiger partial charge in [-0.15, -0.1) is 0 Å². The summed E-state index contributed by atoms with van der Waals surface area (Å²) < 4.78 is 4.95. The highest BCUT2D eigenvalue weighted by atomic mass is 16.5. The van der Waals surface area contributed by atoms with Gasteiger partial charge in [0.15, 0.2) is 11.5 Å². The number of nitrogens with one attached hydrogen (secondary N) is 1. The summed E-state index contributed by atoms with van der Waals surface area (Å²) in [4.78, 5) is 12.2. The first-order valence-corrected chi connectivity index (χ1v) is 6.52. The van der Waals surface area contributed by atoms with Crippen LogP contribution in [0.3, 0.4) is 0 Å². The number of benzene rings is 1. The van der Waals surface area contributed by atoms with E-state index in [2.05, 4.69) is 5.32 Å². The first kappa shape index (κ1) is 13.7. The molecule has 19 heavy (non-hydrogen) atoms. The summed E-state index contributed by atoms with van der Waals surface area (Å²) in [7, 11) is 1.48. The number of phenolic OH excluding ortho intramolecular Hbond substituents is 1. The molecule has 0 aromatic heterocycles. The number of amides is 1. The second kappa shape index (κ2) is 5.48. The Morgan fingerprint density at radius 1 is 1.37 bits per heavy atom. The topological polar surface area (TPSA) is 84.6 Å². The van der Waals surface area contributed by atoms with Gasteiger partial charge in [-0.05, 0) is 25.0 Å². The average Bonchev–Trinajstić information content (AvgIpc) is 2.40. The van der Waals surface area contributed by atoms with Gasteiger partial charge >= 0.3 is 0 Å². The van der Waals surface area contributed by atoms with Gasteiger partial charge in [-0.3, -0.25) is 4.79 Å². The van der Waals surface area contributed by atoms with E-state index in [0.29, 0.717) is 24.3 Å². The van der Waals surface area contributed by atoms with Gasteiger partial charge in [0.05, 0.1) is 12.6 Å².